The van der Waals surface area contributed by atoms with Gasteiger partial charge in [-0.25, -0.2) is 0 Å². The molecule has 1 N–H and O–H groups in total. The predicted molar refractivity (Wildman–Crippen MR) is 80.1 cm³/mol. The van der Waals surface area contributed by atoms with E-state index in [4.69, 9.17) is 0 Å². The normalized spacial score (nSPS) is 9.33. The van der Waals surface area contributed by atoms with Crippen molar-refractivity contribution in [3.63, 3.8) is 0 Å². The van der Waals surface area contributed by atoms with Crippen molar-refractivity contribution < 1.29 is 9.59 Å². The lowest BCUT2D eigenvalue weighted by atomic mass is 10.0. The van der Waals surface area contributed by atoms with E-state index in [1.54, 1.807) is 60.9 Å². The number of nitrogens with zero attached hydrogens (tertiary/aromatic N) is 1. The molecule has 0 aliphatic heterocycles. The molecular weight excluding hydrogens is 264 g/mol. The van der Waals surface area contributed by atoms with E-state index in [1.807, 2.05) is 18.2 Å². The van der Waals surface area contributed by atoms with Crippen LogP contribution in [0, 0.1) is 0 Å². The molecule has 2 aromatic carbocycles. The van der Waals surface area contributed by atoms with Crippen molar-refractivity contribution in [2.75, 3.05) is 0 Å². The van der Waals surface area contributed by atoms with Gasteiger partial charge in [0.1, 0.15) is 0 Å². The third-order valence-electron chi connectivity index (χ3n) is 2.68. The topological polar surface area (TPSA) is 62.8 Å². The van der Waals surface area contributed by atoms with Crippen molar-refractivity contribution in [3.8, 4) is 0 Å². The van der Waals surface area contributed by atoms with Gasteiger partial charge in [0.15, 0.2) is 0 Å². The van der Waals surface area contributed by atoms with Crippen LogP contribution in [0.2, 0.25) is 0 Å². The summed E-state index contributed by atoms with van der Waals surface area (Å²) in [7, 11) is 0. The first-order valence-electron chi connectivity index (χ1n) is 6.42. The molecular formula is C17H14N2O2. The van der Waals surface area contributed by atoms with E-state index in [-0.39, 0.29) is 0 Å². The molecule has 4 heteroatoms. The molecule has 0 amide bonds. The van der Waals surface area contributed by atoms with E-state index in [2.05, 4.69) is 10.2 Å². The third kappa shape index (κ3) is 4.24. The van der Waals surface area contributed by atoms with Crippen LogP contribution < -0.4 is 0 Å². The summed E-state index contributed by atoms with van der Waals surface area (Å²) < 4.78 is 0. The van der Waals surface area contributed by atoms with Crippen LogP contribution in [-0.2, 0) is 0 Å². The molecule has 0 aliphatic carbocycles. The first-order chi connectivity index (χ1) is 10.3. The number of rotatable bonds is 3. The van der Waals surface area contributed by atoms with Gasteiger partial charge in [0, 0.05) is 23.5 Å². The molecule has 0 saturated carbocycles. The second-order valence-corrected chi connectivity index (χ2v) is 4.16. The zero-order chi connectivity index (χ0) is 14.9. The molecule has 0 spiro atoms. The van der Waals surface area contributed by atoms with Crippen LogP contribution in [0.15, 0.2) is 79.1 Å². The Morgan fingerprint density at radius 1 is 0.714 bits per heavy atom. The number of Topliss-reactive ketones (excluding diaryl/α,β-unsaturated/α-hetero) is 2. The molecule has 4 nitrogen and oxygen atoms in total. The summed E-state index contributed by atoms with van der Waals surface area (Å²) >= 11 is 0. The van der Waals surface area contributed by atoms with Crippen molar-refractivity contribution in [2.24, 2.45) is 0 Å². The summed E-state index contributed by atoms with van der Waals surface area (Å²) in [6, 6.07) is 19.0. The monoisotopic (exact) mass is 278 g/mol. The van der Waals surface area contributed by atoms with E-state index in [1.165, 1.54) is 0 Å². The number of H-pyrrole nitrogens is 1. The lowest BCUT2D eigenvalue weighted by Gasteiger charge is -1.99. The van der Waals surface area contributed by atoms with E-state index in [0.29, 0.717) is 11.1 Å². The van der Waals surface area contributed by atoms with Crippen LogP contribution in [0.1, 0.15) is 20.7 Å². The number of nitrogens with one attached hydrogen (secondary N) is 1. The van der Waals surface area contributed by atoms with Crippen molar-refractivity contribution in [3.05, 3.63) is 90.3 Å². The third-order valence-corrected chi connectivity index (χ3v) is 2.68. The molecule has 3 rings (SSSR count). The maximum absolute atomic E-state index is 11.8. The van der Waals surface area contributed by atoms with Gasteiger partial charge in [0.25, 0.3) is 0 Å². The van der Waals surface area contributed by atoms with Crippen LogP contribution in [0.5, 0.6) is 0 Å². The highest BCUT2D eigenvalue weighted by Crippen LogP contribution is 2.07. The maximum Gasteiger partial charge on any atom is 0.233 e. The zero-order valence-corrected chi connectivity index (χ0v) is 11.3. The molecule has 0 bridgehead atoms. The van der Waals surface area contributed by atoms with Crippen molar-refractivity contribution in [2.45, 2.75) is 0 Å². The van der Waals surface area contributed by atoms with E-state index in [0.717, 1.165) is 0 Å². The Morgan fingerprint density at radius 2 is 1.19 bits per heavy atom. The quantitative estimate of drug-likeness (QED) is 0.591. The van der Waals surface area contributed by atoms with Gasteiger partial charge in [-0.05, 0) is 6.07 Å². The molecule has 3 aromatic rings. The average molecular weight is 278 g/mol. The summed E-state index contributed by atoms with van der Waals surface area (Å²) in [4.78, 5) is 23.6. The second-order valence-electron chi connectivity index (χ2n) is 4.16. The van der Waals surface area contributed by atoms with E-state index in [9.17, 15) is 9.59 Å². The highest BCUT2D eigenvalue weighted by Gasteiger charge is 2.16. The van der Waals surface area contributed by atoms with Gasteiger partial charge in [0.05, 0.1) is 0 Å². The smallest absolute Gasteiger partial charge is 0.233 e. The summed E-state index contributed by atoms with van der Waals surface area (Å²) in [6.45, 7) is 0. The minimum Gasteiger partial charge on any atom is -0.286 e. The Bertz CT molecular complexity index is 611. The minimum absolute atomic E-state index is 0.427. The number of carbonyl (C=O) groups is 2. The lowest BCUT2D eigenvalue weighted by molar-refractivity contribution is 0.0817. The number of ketones is 2. The number of benzene rings is 2. The molecule has 1 heterocycles. The first-order valence-corrected chi connectivity index (χ1v) is 6.42. The zero-order valence-electron chi connectivity index (χ0n) is 11.3. The van der Waals surface area contributed by atoms with Gasteiger partial charge in [-0.2, -0.15) is 5.10 Å². The molecule has 0 fully saturated rings. The standard InChI is InChI=1S/C14H10O2.C3H4N2/c15-13(11-7-3-1-4-8-11)14(16)12-9-5-2-6-10-12;1-2-4-5-3-1/h1-10H;1-3H,(H,4,5). The first kappa shape index (κ1) is 14.4. The molecule has 0 radical (unpaired) electrons. The SMILES string of the molecule is O=C(C(=O)c1ccccc1)c1ccccc1.c1cn[nH]c1. The van der Waals surface area contributed by atoms with Crippen molar-refractivity contribution in [1.82, 2.24) is 10.2 Å². The molecule has 0 aliphatic rings. The van der Waals surface area contributed by atoms with Crippen molar-refractivity contribution >= 4 is 11.6 Å². The summed E-state index contributed by atoms with van der Waals surface area (Å²) in [5, 5.41) is 6.21. The van der Waals surface area contributed by atoms with Crippen LogP contribution >= 0.6 is 0 Å². The number of carbonyl (C=O) groups excluding carboxylic acids is 2. The second kappa shape index (κ2) is 7.55. The van der Waals surface area contributed by atoms with Gasteiger partial charge in [-0.1, -0.05) is 60.7 Å². The summed E-state index contributed by atoms with van der Waals surface area (Å²) in [5.41, 5.74) is 0.854. The fourth-order valence-corrected chi connectivity index (χ4v) is 1.66. The Labute approximate surface area is 122 Å². The molecule has 21 heavy (non-hydrogen) atoms. The van der Waals surface area contributed by atoms with Gasteiger partial charge in [-0.15, -0.1) is 0 Å². The van der Waals surface area contributed by atoms with E-state index >= 15 is 0 Å². The van der Waals surface area contributed by atoms with Gasteiger partial charge in [0.2, 0.25) is 11.6 Å². The summed E-state index contributed by atoms with van der Waals surface area (Å²) in [5.74, 6) is -0.932. The molecule has 0 saturated heterocycles. The van der Waals surface area contributed by atoms with Gasteiger partial charge < -0.3 is 0 Å². The largest absolute Gasteiger partial charge is 0.286 e. The predicted octanol–water partition coefficient (Wildman–Crippen LogP) is 3.16. The molecule has 0 unspecified atom stereocenters. The fraction of sp³-hybridized carbons (Fsp3) is 0. The Kier molecular flexibility index (Phi) is 5.18. The highest BCUT2D eigenvalue weighted by atomic mass is 16.2. The summed E-state index contributed by atoms with van der Waals surface area (Å²) in [6.07, 6.45) is 3.46. The maximum atomic E-state index is 11.8. The lowest BCUT2D eigenvalue weighted by Crippen LogP contribution is -2.14. The van der Waals surface area contributed by atoms with Crippen LogP contribution in [0.25, 0.3) is 0 Å². The minimum atomic E-state index is -0.466. The highest BCUT2D eigenvalue weighted by molar-refractivity contribution is 6.49. The average Bonchev–Trinajstić information content (AvgIpc) is 3.15. The van der Waals surface area contributed by atoms with Gasteiger partial charge in [-0.3, -0.25) is 14.7 Å². The fourth-order valence-electron chi connectivity index (χ4n) is 1.66. The van der Waals surface area contributed by atoms with Crippen LogP contribution in [0.4, 0.5) is 0 Å². The Morgan fingerprint density at radius 3 is 1.48 bits per heavy atom. The molecule has 104 valence electrons. The Balaban J connectivity index is 0.000000272. The van der Waals surface area contributed by atoms with Crippen LogP contribution in [0.3, 0.4) is 0 Å². The number of hydrogen-bond acceptors (Lipinski definition) is 3. The molecule has 0 atom stereocenters. The van der Waals surface area contributed by atoms with Crippen molar-refractivity contribution in [1.29, 1.82) is 0 Å². The van der Waals surface area contributed by atoms with Gasteiger partial charge >= 0.3 is 0 Å². The number of aromatic nitrogens is 2. The van der Waals surface area contributed by atoms with E-state index < -0.39 is 11.6 Å². The van der Waals surface area contributed by atoms with Crippen LogP contribution in [-0.4, -0.2) is 21.8 Å². The number of aromatic amines is 1. The number of hydrogen-bond donors (Lipinski definition) is 1. The molecule has 1 aromatic heterocycles. The Hall–Kier alpha value is -3.01.